The van der Waals surface area contributed by atoms with E-state index in [9.17, 15) is 13.2 Å². The van der Waals surface area contributed by atoms with Crippen LogP contribution in [-0.2, 0) is 17.1 Å². The zero-order valence-electron chi connectivity index (χ0n) is 14.8. The topological polar surface area (TPSA) is 87.9 Å². The molecule has 0 N–H and O–H groups in total. The molecule has 0 saturated carbocycles. The summed E-state index contributed by atoms with van der Waals surface area (Å²) in [6.45, 7) is 3.23. The number of nitrogens with zero attached hydrogens (tertiary/aromatic N) is 5. The average Bonchev–Trinajstić information content (AvgIpc) is 3.28. The molecule has 0 spiro atoms. The Morgan fingerprint density at radius 2 is 1.63 bits per heavy atom. The molecule has 3 aliphatic rings. The number of benzene rings is 1. The number of rotatable bonds is 1. The van der Waals surface area contributed by atoms with Gasteiger partial charge in [-0.2, -0.15) is 13.5 Å². The van der Waals surface area contributed by atoms with Crippen LogP contribution in [0, 0.1) is 11.8 Å². The van der Waals surface area contributed by atoms with Gasteiger partial charge in [0.2, 0.25) is 0 Å². The molecule has 0 aliphatic carbocycles. The minimum atomic E-state index is -3.58. The van der Waals surface area contributed by atoms with E-state index in [0.717, 1.165) is 32.0 Å². The van der Waals surface area contributed by atoms with Crippen LogP contribution in [0.15, 0.2) is 50.5 Å². The van der Waals surface area contributed by atoms with Crippen LogP contribution in [0.3, 0.4) is 0 Å². The highest BCUT2D eigenvalue weighted by Gasteiger charge is 2.43. The van der Waals surface area contributed by atoms with Crippen molar-refractivity contribution < 1.29 is 8.42 Å². The Balaban J connectivity index is 1.36. The van der Waals surface area contributed by atoms with Crippen molar-refractivity contribution in [2.24, 2.45) is 23.3 Å². The van der Waals surface area contributed by atoms with Crippen molar-refractivity contribution in [3.8, 4) is 0 Å². The van der Waals surface area contributed by atoms with Crippen molar-refractivity contribution in [1.29, 1.82) is 0 Å². The van der Waals surface area contributed by atoms with Crippen LogP contribution >= 0.6 is 0 Å². The maximum atomic E-state index is 12.3. The Morgan fingerprint density at radius 1 is 0.963 bits per heavy atom. The number of hydrogen-bond acceptors (Lipinski definition) is 6. The van der Waals surface area contributed by atoms with E-state index in [1.165, 1.54) is 10.7 Å². The molecule has 2 aromatic rings. The quantitative estimate of drug-likeness (QED) is 0.702. The van der Waals surface area contributed by atoms with Gasteiger partial charge >= 0.3 is 0 Å². The summed E-state index contributed by atoms with van der Waals surface area (Å²) in [6.07, 6.45) is 0. The second-order valence-electron chi connectivity index (χ2n) is 7.37. The van der Waals surface area contributed by atoms with Gasteiger partial charge in [-0.1, -0.05) is 12.1 Å². The van der Waals surface area contributed by atoms with Gasteiger partial charge < -0.3 is 9.80 Å². The number of anilines is 1. The Kier molecular flexibility index (Phi) is 3.45. The first-order valence-corrected chi connectivity index (χ1v) is 10.3. The Labute approximate surface area is 156 Å². The molecule has 140 valence electrons. The number of hydrogen-bond donors (Lipinski definition) is 0. The third kappa shape index (κ3) is 2.56. The molecule has 2 fully saturated rings. The lowest BCUT2D eigenvalue weighted by Crippen LogP contribution is -2.34. The molecule has 2 unspecified atom stereocenters. The molecule has 0 bridgehead atoms. The molecular formula is C18H19N5O3S. The van der Waals surface area contributed by atoms with Gasteiger partial charge in [-0.3, -0.25) is 4.79 Å². The van der Waals surface area contributed by atoms with E-state index in [1.807, 2.05) is 12.1 Å². The van der Waals surface area contributed by atoms with Crippen LogP contribution in [0.4, 0.5) is 5.82 Å². The second kappa shape index (κ2) is 5.66. The summed E-state index contributed by atoms with van der Waals surface area (Å²) in [7, 11) is -1.93. The fourth-order valence-corrected chi connectivity index (χ4v) is 5.56. The molecule has 8 nitrogen and oxygen atoms in total. The van der Waals surface area contributed by atoms with Gasteiger partial charge in [-0.05, 0) is 18.2 Å². The molecule has 27 heavy (non-hydrogen) atoms. The summed E-state index contributed by atoms with van der Waals surface area (Å²) in [4.78, 5) is 16.1. The van der Waals surface area contributed by atoms with E-state index >= 15 is 0 Å². The zero-order valence-corrected chi connectivity index (χ0v) is 15.6. The van der Waals surface area contributed by atoms with Crippen molar-refractivity contribution in [3.63, 3.8) is 0 Å². The van der Waals surface area contributed by atoms with Gasteiger partial charge in [0.15, 0.2) is 5.84 Å². The molecule has 0 amide bonds. The van der Waals surface area contributed by atoms with Gasteiger partial charge in [0.1, 0.15) is 10.7 Å². The van der Waals surface area contributed by atoms with Crippen LogP contribution < -0.4 is 10.5 Å². The monoisotopic (exact) mass is 385 g/mol. The van der Waals surface area contributed by atoms with Crippen molar-refractivity contribution in [1.82, 2.24) is 14.7 Å². The lowest BCUT2D eigenvalue weighted by Gasteiger charge is -2.23. The summed E-state index contributed by atoms with van der Waals surface area (Å²) in [5.41, 5.74) is 0.581. The highest BCUT2D eigenvalue weighted by Crippen LogP contribution is 2.36. The van der Waals surface area contributed by atoms with Gasteiger partial charge in [-0.15, -0.1) is 4.40 Å². The molecule has 4 heterocycles. The Morgan fingerprint density at radius 3 is 2.33 bits per heavy atom. The maximum absolute atomic E-state index is 12.3. The minimum Gasteiger partial charge on any atom is -0.355 e. The summed E-state index contributed by atoms with van der Waals surface area (Å²) >= 11 is 0. The number of aryl methyl sites for hydroxylation is 1. The molecule has 1 aromatic carbocycles. The van der Waals surface area contributed by atoms with Crippen molar-refractivity contribution in [2.75, 3.05) is 31.1 Å². The Hall–Kier alpha value is -2.68. The van der Waals surface area contributed by atoms with E-state index in [-0.39, 0.29) is 5.56 Å². The average molecular weight is 385 g/mol. The highest BCUT2D eigenvalue weighted by molar-refractivity contribution is 7.90. The molecule has 3 aliphatic heterocycles. The summed E-state index contributed by atoms with van der Waals surface area (Å²) in [5, 5.41) is 4.34. The van der Waals surface area contributed by atoms with Gasteiger partial charge in [-0.25, -0.2) is 4.68 Å². The van der Waals surface area contributed by atoms with Crippen LogP contribution in [0.1, 0.15) is 5.56 Å². The zero-order chi connectivity index (χ0) is 18.8. The Bertz CT molecular complexity index is 1110. The fraction of sp³-hybridized carbons (Fsp3) is 0.389. The SMILES string of the molecule is Cn1nc(N2CC3CN(C4=NS(=O)(=O)c5ccccc54)CC3C2)ccc1=O. The minimum absolute atomic E-state index is 0.122. The molecular weight excluding hydrogens is 366 g/mol. The molecule has 2 saturated heterocycles. The lowest BCUT2D eigenvalue weighted by molar-refractivity contribution is 0.477. The smallest absolute Gasteiger partial charge is 0.285 e. The number of sulfonamides is 1. The van der Waals surface area contributed by atoms with Gasteiger partial charge in [0, 0.05) is 56.7 Å². The van der Waals surface area contributed by atoms with E-state index in [0.29, 0.717) is 28.1 Å². The van der Waals surface area contributed by atoms with E-state index in [2.05, 4.69) is 19.3 Å². The van der Waals surface area contributed by atoms with Crippen LogP contribution in [-0.4, -0.2) is 55.1 Å². The summed E-state index contributed by atoms with van der Waals surface area (Å²) in [5.74, 6) is 2.22. The number of likely N-dealkylation sites (tertiary alicyclic amines) is 1. The van der Waals surface area contributed by atoms with E-state index in [4.69, 9.17) is 0 Å². The first kappa shape index (κ1) is 16.5. The predicted molar refractivity (Wildman–Crippen MR) is 100 cm³/mol. The van der Waals surface area contributed by atoms with Gasteiger partial charge in [0.05, 0.1) is 0 Å². The largest absolute Gasteiger partial charge is 0.355 e. The normalized spacial score (nSPS) is 25.4. The highest BCUT2D eigenvalue weighted by atomic mass is 32.2. The lowest BCUT2D eigenvalue weighted by atomic mass is 10.0. The van der Waals surface area contributed by atoms with E-state index in [1.54, 1.807) is 25.2 Å². The second-order valence-corrected chi connectivity index (χ2v) is 8.94. The third-order valence-electron chi connectivity index (χ3n) is 5.67. The number of aromatic nitrogens is 2. The third-order valence-corrected chi connectivity index (χ3v) is 6.99. The van der Waals surface area contributed by atoms with Crippen LogP contribution in [0.2, 0.25) is 0 Å². The molecule has 0 radical (unpaired) electrons. The molecule has 9 heteroatoms. The fourth-order valence-electron chi connectivity index (χ4n) is 4.33. The predicted octanol–water partition coefficient (Wildman–Crippen LogP) is 0.297. The van der Waals surface area contributed by atoms with Crippen molar-refractivity contribution in [3.05, 3.63) is 52.3 Å². The van der Waals surface area contributed by atoms with Crippen molar-refractivity contribution in [2.45, 2.75) is 4.90 Å². The number of fused-ring (bicyclic) bond motifs is 2. The standard InChI is InChI=1S/C18H19N5O3S/c1-21-17(24)7-6-16(19-21)22-8-12-10-23(11-13(12)9-22)18-14-4-2-3-5-15(14)27(25,26)20-18/h2-7,12-13H,8-11H2,1H3. The van der Waals surface area contributed by atoms with Crippen molar-refractivity contribution >= 4 is 21.7 Å². The number of amidine groups is 1. The van der Waals surface area contributed by atoms with Gasteiger partial charge in [0.25, 0.3) is 15.6 Å². The van der Waals surface area contributed by atoms with Crippen LogP contribution in [0.25, 0.3) is 0 Å². The summed E-state index contributed by atoms with van der Waals surface area (Å²) in [6, 6.07) is 10.3. The van der Waals surface area contributed by atoms with Crippen LogP contribution in [0.5, 0.6) is 0 Å². The molecule has 5 rings (SSSR count). The maximum Gasteiger partial charge on any atom is 0.285 e. The van der Waals surface area contributed by atoms with E-state index < -0.39 is 10.0 Å². The molecule has 2 atom stereocenters. The molecule has 1 aromatic heterocycles. The summed E-state index contributed by atoms with van der Waals surface area (Å²) < 4.78 is 30.0. The first-order chi connectivity index (χ1) is 12.9. The first-order valence-electron chi connectivity index (χ1n) is 8.91.